The Hall–Kier alpha value is -2.00. The van der Waals surface area contributed by atoms with Crippen molar-refractivity contribution in [2.75, 3.05) is 5.32 Å². The maximum Gasteiger partial charge on any atom is 0.311 e. The Bertz CT molecular complexity index is 658. The highest BCUT2D eigenvalue weighted by atomic mass is 79.9. The third kappa shape index (κ3) is 2.88. The summed E-state index contributed by atoms with van der Waals surface area (Å²) < 4.78 is 0.728. The van der Waals surface area contributed by atoms with Crippen LogP contribution in [0.25, 0.3) is 0 Å². The number of amides is 1. The van der Waals surface area contributed by atoms with Gasteiger partial charge < -0.3 is 5.11 Å². The third-order valence-corrected chi connectivity index (χ3v) is 3.55. The van der Waals surface area contributed by atoms with Crippen LogP contribution in [0.1, 0.15) is 10.4 Å². The number of halogens is 1. The maximum atomic E-state index is 11.9. The summed E-state index contributed by atoms with van der Waals surface area (Å²) in [6.07, 6.45) is 1.51. The molecule has 1 aromatic heterocycles. The van der Waals surface area contributed by atoms with Gasteiger partial charge in [0, 0.05) is 6.07 Å². The molecule has 0 aliphatic rings. The number of nitrogens with one attached hydrogen (secondary N) is 1. The molecule has 98 valence electrons. The molecule has 0 unspecified atom stereocenters. The fourth-order valence-corrected chi connectivity index (χ4v) is 2.44. The monoisotopic (exact) mass is 343 g/mol. The van der Waals surface area contributed by atoms with Crippen LogP contribution in [0.15, 0.2) is 28.2 Å². The van der Waals surface area contributed by atoms with Gasteiger partial charge in [0.2, 0.25) is 5.75 Å². The predicted octanol–water partition coefficient (Wildman–Crippen LogP) is 2.77. The molecule has 0 radical (unpaired) electrons. The van der Waals surface area contributed by atoms with Crippen LogP contribution in [0.2, 0.25) is 0 Å². The van der Waals surface area contributed by atoms with Gasteiger partial charge >= 0.3 is 5.69 Å². The van der Waals surface area contributed by atoms with Crippen molar-refractivity contribution < 1.29 is 14.8 Å². The van der Waals surface area contributed by atoms with Gasteiger partial charge in [0.15, 0.2) is 5.13 Å². The van der Waals surface area contributed by atoms with Crippen LogP contribution < -0.4 is 5.32 Å². The van der Waals surface area contributed by atoms with E-state index in [0.717, 1.165) is 9.85 Å². The SMILES string of the molecule is O=C(Nc1ncc(Br)s1)c1cccc([N+](=O)[O-])c1O. The van der Waals surface area contributed by atoms with Crippen molar-refractivity contribution in [3.63, 3.8) is 0 Å². The molecular weight excluding hydrogens is 338 g/mol. The van der Waals surface area contributed by atoms with Crippen LogP contribution in [0.4, 0.5) is 10.8 Å². The van der Waals surface area contributed by atoms with Crippen molar-refractivity contribution in [2.45, 2.75) is 0 Å². The van der Waals surface area contributed by atoms with Crippen LogP contribution in [0.3, 0.4) is 0 Å². The molecule has 0 atom stereocenters. The van der Waals surface area contributed by atoms with E-state index in [1.807, 2.05) is 0 Å². The quantitative estimate of drug-likeness (QED) is 0.658. The number of benzene rings is 1. The summed E-state index contributed by atoms with van der Waals surface area (Å²) in [7, 11) is 0. The highest BCUT2D eigenvalue weighted by molar-refractivity contribution is 9.11. The first-order valence-electron chi connectivity index (χ1n) is 4.88. The van der Waals surface area contributed by atoms with E-state index in [1.165, 1.54) is 29.7 Å². The van der Waals surface area contributed by atoms with E-state index >= 15 is 0 Å². The molecule has 19 heavy (non-hydrogen) atoms. The molecule has 2 rings (SSSR count). The van der Waals surface area contributed by atoms with Gasteiger partial charge in [0.1, 0.15) is 0 Å². The number of anilines is 1. The lowest BCUT2D eigenvalue weighted by Gasteiger charge is -2.04. The third-order valence-electron chi connectivity index (χ3n) is 2.15. The number of carbonyl (C=O) groups is 1. The number of aromatic nitrogens is 1. The number of para-hydroxylation sites is 1. The molecule has 0 saturated carbocycles. The Labute approximate surface area is 119 Å². The molecule has 0 saturated heterocycles. The topological polar surface area (TPSA) is 105 Å². The lowest BCUT2D eigenvalue weighted by atomic mass is 10.1. The van der Waals surface area contributed by atoms with E-state index in [0.29, 0.717) is 5.13 Å². The van der Waals surface area contributed by atoms with Crippen molar-refractivity contribution in [3.8, 4) is 5.75 Å². The highest BCUT2D eigenvalue weighted by Crippen LogP contribution is 2.30. The number of rotatable bonds is 3. The average Bonchev–Trinajstić information content (AvgIpc) is 2.74. The van der Waals surface area contributed by atoms with E-state index in [2.05, 4.69) is 26.2 Å². The van der Waals surface area contributed by atoms with E-state index in [9.17, 15) is 20.0 Å². The molecule has 0 aliphatic heterocycles. The van der Waals surface area contributed by atoms with Crippen molar-refractivity contribution in [3.05, 3.63) is 43.9 Å². The Morgan fingerprint density at radius 1 is 1.53 bits per heavy atom. The van der Waals surface area contributed by atoms with Crippen LogP contribution in [0, 0.1) is 10.1 Å². The molecule has 7 nitrogen and oxygen atoms in total. The fraction of sp³-hybridized carbons (Fsp3) is 0. The first-order chi connectivity index (χ1) is 8.99. The lowest BCUT2D eigenvalue weighted by Crippen LogP contribution is -2.12. The first-order valence-corrected chi connectivity index (χ1v) is 6.49. The number of nitro benzene ring substituents is 1. The van der Waals surface area contributed by atoms with Crippen LogP contribution >= 0.6 is 27.3 Å². The van der Waals surface area contributed by atoms with Gasteiger partial charge in [0.25, 0.3) is 5.91 Å². The van der Waals surface area contributed by atoms with Crippen molar-refractivity contribution >= 4 is 44.0 Å². The minimum atomic E-state index is -0.758. The molecule has 2 N–H and O–H groups in total. The largest absolute Gasteiger partial charge is 0.502 e. The van der Waals surface area contributed by atoms with Gasteiger partial charge in [0.05, 0.1) is 20.5 Å². The lowest BCUT2D eigenvalue weighted by molar-refractivity contribution is -0.385. The number of phenolic OH excluding ortho intramolecular Hbond substituents is 1. The Morgan fingerprint density at radius 3 is 2.84 bits per heavy atom. The van der Waals surface area contributed by atoms with E-state index < -0.39 is 22.3 Å². The fourth-order valence-electron chi connectivity index (χ4n) is 1.34. The van der Waals surface area contributed by atoms with Gasteiger partial charge in [-0.25, -0.2) is 4.98 Å². The second-order valence-corrected chi connectivity index (χ2v) is 5.76. The summed E-state index contributed by atoms with van der Waals surface area (Å²) in [6, 6.07) is 3.73. The second-order valence-electron chi connectivity index (χ2n) is 3.35. The Balaban J connectivity index is 2.29. The number of carbonyl (C=O) groups excluding carboxylic acids is 1. The van der Waals surface area contributed by atoms with Gasteiger partial charge in [-0.2, -0.15) is 0 Å². The Kier molecular flexibility index (Phi) is 3.76. The molecule has 1 amide bonds. The molecule has 0 aliphatic carbocycles. The molecular formula is C10H6BrN3O4S. The zero-order chi connectivity index (χ0) is 14.0. The first kappa shape index (κ1) is 13.4. The molecule has 1 aromatic carbocycles. The van der Waals surface area contributed by atoms with Gasteiger partial charge in [-0.15, -0.1) is 0 Å². The Morgan fingerprint density at radius 2 is 2.26 bits per heavy atom. The summed E-state index contributed by atoms with van der Waals surface area (Å²) in [4.78, 5) is 25.7. The summed E-state index contributed by atoms with van der Waals surface area (Å²) in [5.74, 6) is -1.33. The average molecular weight is 344 g/mol. The molecule has 9 heteroatoms. The standard InChI is InChI=1S/C10H6BrN3O4S/c11-7-4-12-10(19-7)13-9(16)5-2-1-3-6(8(5)15)14(17)18/h1-4,15H,(H,12,13,16). The smallest absolute Gasteiger partial charge is 0.311 e. The van der Waals surface area contributed by atoms with Crippen LogP contribution in [-0.2, 0) is 0 Å². The minimum absolute atomic E-state index is 0.180. The minimum Gasteiger partial charge on any atom is -0.502 e. The van der Waals surface area contributed by atoms with Gasteiger partial charge in [-0.3, -0.25) is 20.2 Å². The van der Waals surface area contributed by atoms with Crippen LogP contribution in [0.5, 0.6) is 5.75 Å². The molecule has 0 spiro atoms. The molecule has 2 aromatic rings. The zero-order valence-electron chi connectivity index (χ0n) is 9.16. The van der Waals surface area contributed by atoms with Crippen molar-refractivity contribution in [1.29, 1.82) is 0 Å². The normalized spacial score (nSPS) is 10.2. The summed E-state index contributed by atoms with van der Waals surface area (Å²) >= 11 is 4.37. The number of phenols is 1. The summed E-state index contributed by atoms with van der Waals surface area (Å²) in [5, 5.41) is 23.1. The number of hydrogen-bond donors (Lipinski definition) is 2. The molecule has 0 fully saturated rings. The number of aromatic hydroxyl groups is 1. The van der Waals surface area contributed by atoms with E-state index in [-0.39, 0.29) is 5.56 Å². The number of thiazole rings is 1. The molecule has 1 heterocycles. The van der Waals surface area contributed by atoms with Crippen molar-refractivity contribution in [1.82, 2.24) is 4.98 Å². The summed E-state index contributed by atoms with van der Waals surface area (Å²) in [6.45, 7) is 0. The second kappa shape index (κ2) is 5.33. The van der Waals surface area contributed by atoms with E-state index in [4.69, 9.17) is 0 Å². The van der Waals surface area contributed by atoms with Gasteiger partial charge in [-0.05, 0) is 22.0 Å². The molecule has 0 bridgehead atoms. The number of hydrogen-bond acceptors (Lipinski definition) is 6. The maximum absolute atomic E-state index is 11.9. The zero-order valence-corrected chi connectivity index (χ0v) is 11.6. The predicted molar refractivity (Wildman–Crippen MR) is 72.5 cm³/mol. The van der Waals surface area contributed by atoms with Crippen LogP contribution in [-0.4, -0.2) is 20.9 Å². The van der Waals surface area contributed by atoms with Gasteiger partial charge in [-0.1, -0.05) is 17.4 Å². The van der Waals surface area contributed by atoms with Crippen molar-refractivity contribution in [2.24, 2.45) is 0 Å². The number of nitro groups is 1. The number of nitrogens with zero attached hydrogens (tertiary/aromatic N) is 2. The summed E-state index contributed by atoms with van der Waals surface area (Å²) in [5.41, 5.74) is -0.700. The van der Waals surface area contributed by atoms with E-state index in [1.54, 1.807) is 0 Å². The highest BCUT2D eigenvalue weighted by Gasteiger charge is 2.21.